The quantitative estimate of drug-likeness (QED) is 0.634. The Hall–Kier alpha value is 0.270. The Morgan fingerprint density at radius 1 is 1.38 bits per heavy atom. The lowest BCUT2D eigenvalue weighted by Crippen LogP contribution is -2.30. The number of hydrogen-bond donors (Lipinski definition) is 2. The third-order valence-corrected chi connectivity index (χ3v) is 3.50. The first-order chi connectivity index (χ1) is 6.24. The maximum absolute atomic E-state index is 8.73. The van der Waals surface area contributed by atoms with E-state index in [9.17, 15) is 0 Å². The van der Waals surface area contributed by atoms with E-state index in [0.717, 1.165) is 18.7 Å². The molecule has 0 heterocycles. The third-order valence-electron chi connectivity index (χ3n) is 2.10. The summed E-state index contributed by atoms with van der Waals surface area (Å²) in [7, 11) is 0. The van der Waals surface area contributed by atoms with Crippen molar-refractivity contribution in [2.45, 2.75) is 44.9 Å². The molecule has 0 bridgehead atoms. The van der Waals surface area contributed by atoms with Crippen molar-refractivity contribution in [1.82, 2.24) is 5.32 Å². The average molecular weight is 205 g/mol. The van der Waals surface area contributed by atoms with E-state index in [1.807, 2.05) is 11.8 Å². The molecule has 2 N–H and O–H groups in total. The molecule has 0 amide bonds. The normalized spacial score (nSPS) is 15.7. The van der Waals surface area contributed by atoms with Gasteiger partial charge in [-0.3, -0.25) is 0 Å². The van der Waals surface area contributed by atoms with E-state index in [-0.39, 0.29) is 0 Å². The third kappa shape index (κ3) is 7.35. The van der Waals surface area contributed by atoms with E-state index in [4.69, 9.17) is 5.11 Å². The van der Waals surface area contributed by atoms with Crippen LogP contribution in [0.15, 0.2) is 0 Å². The van der Waals surface area contributed by atoms with Crippen molar-refractivity contribution in [3.63, 3.8) is 0 Å². The zero-order valence-electron chi connectivity index (χ0n) is 9.05. The second kappa shape index (κ2) is 8.85. The number of thioether (sulfide) groups is 1. The largest absolute Gasteiger partial charge is 0.396 e. The molecular weight excluding hydrogens is 182 g/mol. The van der Waals surface area contributed by atoms with Gasteiger partial charge in [-0.15, -0.1) is 0 Å². The highest BCUT2D eigenvalue weighted by atomic mass is 32.2. The standard InChI is InChI=1S/C10H23NOS/c1-4-10(11-5-2)8-13-9(3)6-7-12/h9-12H,4-8H2,1-3H3. The molecule has 0 aromatic heterocycles. The lowest BCUT2D eigenvalue weighted by Gasteiger charge is -2.17. The van der Waals surface area contributed by atoms with Crippen LogP contribution in [-0.2, 0) is 0 Å². The van der Waals surface area contributed by atoms with E-state index in [2.05, 4.69) is 26.1 Å². The number of hydrogen-bond acceptors (Lipinski definition) is 3. The van der Waals surface area contributed by atoms with Gasteiger partial charge in [0.05, 0.1) is 0 Å². The van der Waals surface area contributed by atoms with Gasteiger partial charge in [0.2, 0.25) is 0 Å². The minimum atomic E-state index is 0.312. The van der Waals surface area contributed by atoms with Gasteiger partial charge >= 0.3 is 0 Å². The predicted octanol–water partition coefficient (Wildman–Crippen LogP) is 1.88. The van der Waals surface area contributed by atoms with Gasteiger partial charge in [0.1, 0.15) is 0 Å². The summed E-state index contributed by atoms with van der Waals surface area (Å²) in [6, 6.07) is 0.635. The van der Waals surface area contributed by atoms with E-state index in [1.165, 1.54) is 6.42 Å². The van der Waals surface area contributed by atoms with Crippen LogP contribution in [0.25, 0.3) is 0 Å². The fraction of sp³-hybridized carbons (Fsp3) is 1.00. The SMILES string of the molecule is CCNC(CC)CSC(C)CCO. The summed E-state index contributed by atoms with van der Waals surface area (Å²) < 4.78 is 0. The summed E-state index contributed by atoms with van der Waals surface area (Å²) in [6.45, 7) is 7.90. The minimum absolute atomic E-state index is 0.312. The summed E-state index contributed by atoms with van der Waals surface area (Å²) in [5, 5.41) is 12.8. The molecule has 0 saturated carbocycles. The van der Waals surface area contributed by atoms with Gasteiger partial charge in [0.25, 0.3) is 0 Å². The van der Waals surface area contributed by atoms with Crippen LogP contribution in [0.4, 0.5) is 0 Å². The van der Waals surface area contributed by atoms with Crippen molar-refractivity contribution in [2.75, 3.05) is 18.9 Å². The fourth-order valence-electron chi connectivity index (χ4n) is 1.16. The molecule has 0 aromatic carbocycles. The zero-order chi connectivity index (χ0) is 10.1. The van der Waals surface area contributed by atoms with Gasteiger partial charge in [0.15, 0.2) is 0 Å². The highest BCUT2D eigenvalue weighted by molar-refractivity contribution is 7.99. The van der Waals surface area contributed by atoms with E-state index in [1.54, 1.807) is 0 Å². The molecule has 2 nitrogen and oxygen atoms in total. The first-order valence-electron chi connectivity index (χ1n) is 5.20. The van der Waals surface area contributed by atoms with Crippen molar-refractivity contribution in [3.8, 4) is 0 Å². The molecule has 80 valence electrons. The molecule has 0 fully saturated rings. The van der Waals surface area contributed by atoms with Gasteiger partial charge in [-0.25, -0.2) is 0 Å². The van der Waals surface area contributed by atoms with Gasteiger partial charge in [-0.2, -0.15) is 11.8 Å². The van der Waals surface area contributed by atoms with Crippen LogP contribution in [0.1, 0.15) is 33.6 Å². The van der Waals surface area contributed by atoms with Crippen molar-refractivity contribution in [2.24, 2.45) is 0 Å². The second-order valence-corrected chi connectivity index (χ2v) is 4.79. The molecule has 0 aliphatic rings. The van der Waals surface area contributed by atoms with Crippen LogP contribution in [0.5, 0.6) is 0 Å². The maximum atomic E-state index is 8.73. The summed E-state index contributed by atoms with van der Waals surface area (Å²) in [5.41, 5.74) is 0. The number of rotatable bonds is 8. The zero-order valence-corrected chi connectivity index (χ0v) is 9.86. The van der Waals surface area contributed by atoms with Crippen molar-refractivity contribution in [1.29, 1.82) is 0 Å². The fourth-order valence-corrected chi connectivity index (χ4v) is 2.34. The van der Waals surface area contributed by atoms with Crippen LogP contribution in [-0.4, -0.2) is 35.3 Å². The Morgan fingerprint density at radius 3 is 2.54 bits per heavy atom. The molecule has 0 aromatic rings. The number of aliphatic hydroxyl groups is 1. The predicted molar refractivity (Wildman–Crippen MR) is 61.4 cm³/mol. The molecule has 0 saturated heterocycles. The summed E-state index contributed by atoms with van der Waals surface area (Å²) in [4.78, 5) is 0. The lowest BCUT2D eigenvalue weighted by atomic mass is 10.2. The Labute approximate surface area is 86.5 Å². The van der Waals surface area contributed by atoms with Crippen LogP contribution in [0, 0.1) is 0 Å². The van der Waals surface area contributed by atoms with Crippen molar-refractivity contribution >= 4 is 11.8 Å². The second-order valence-electron chi connectivity index (χ2n) is 3.32. The molecule has 0 aliphatic carbocycles. The molecule has 0 aliphatic heterocycles. The Morgan fingerprint density at radius 2 is 2.08 bits per heavy atom. The maximum Gasteiger partial charge on any atom is 0.0441 e. The van der Waals surface area contributed by atoms with Gasteiger partial charge < -0.3 is 10.4 Å². The molecule has 0 rings (SSSR count). The van der Waals surface area contributed by atoms with Crippen molar-refractivity contribution < 1.29 is 5.11 Å². The molecule has 2 atom stereocenters. The molecule has 0 radical (unpaired) electrons. The first-order valence-corrected chi connectivity index (χ1v) is 6.25. The minimum Gasteiger partial charge on any atom is -0.396 e. The summed E-state index contributed by atoms with van der Waals surface area (Å²) >= 11 is 1.95. The highest BCUT2D eigenvalue weighted by Crippen LogP contribution is 2.15. The first kappa shape index (κ1) is 13.3. The average Bonchev–Trinajstić information content (AvgIpc) is 2.12. The highest BCUT2D eigenvalue weighted by Gasteiger charge is 2.07. The van der Waals surface area contributed by atoms with E-state index >= 15 is 0 Å². The van der Waals surface area contributed by atoms with Gasteiger partial charge in [0, 0.05) is 23.7 Å². The Bertz CT molecular complexity index is 111. The molecule has 13 heavy (non-hydrogen) atoms. The van der Waals surface area contributed by atoms with Crippen molar-refractivity contribution in [3.05, 3.63) is 0 Å². The summed E-state index contributed by atoms with van der Waals surface area (Å²) in [5.74, 6) is 1.16. The van der Waals surface area contributed by atoms with E-state index < -0.39 is 0 Å². The van der Waals surface area contributed by atoms with Gasteiger partial charge in [-0.05, 0) is 19.4 Å². The summed E-state index contributed by atoms with van der Waals surface area (Å²) in [6.07, 6.45) is 2.10. The van der Waals surface area contributed by atoms with Gasteiger partial charge in [-0.1, -0.05) is 20.8 Å². The number of aliphatic hydroxyl groups excluding tert-OH is 1. The molecular formula is C10H23NOS. The Balaban J connectivity index is 3.46. The Kier molecular flexibility index (Phi) is 9.03. The molecule has 2 unspecified atom stereocenters. The number of nitrogens with one attached hydrogen (secondary N) is 1. The molecule has 0 spiro atoms. The van der Waals surface area contributed by atoms with Crippen LogP contribution >= 0.6 is 11.8 Å². The monoisotopic (exact) mass is 205 g/mol. The van der Waals surface area contributed by atoms with Crippen LogP contribution in [0.3, 0.4) is 0 Å². The van der Waals surface area contributed by atoms with Crippen LogP contribution in [0.2, 0.25) is 0 Å². The molecule has 3 heteroatoms. The smallest absolute Gasteiger partial charge is 0.0441 e. The lowest BCUT2D eigenvalue weighted by molar-refractivity contribution is 0.289. The topological polar surface area (TPSA) is 32.3 Å². The van der Waals surface area contributed by atoms with E-state index in [0.29, 0.717) is 17.9 Å². The van der Waals surface area contributed by atoms with Crippen LogP contribution < -0.4 is 5.32 Å².